The molecule has 0 radical (unpaired) electrons. The van der Waals surface area contributed by atoms with Crippen LogP contribution in [0.25, 0.3) is 0 Å². The zero-order chi connectivity index (χ0) is 8.81. The molecule has 0 heterocycles. The summed E-state index contributed by atoms with van der Waals surface area (Å²) in [5.74, 6) is 0. The summed E-state index contributed by atoms with van der Waals surface area (Å²) >= 11 is 2.42. The summed E-state index contributed by atoms with van der Waals surface area (Å²) in [5.41, 5.74) is 1.36. The Labute approximate surface area is 87.7 Å². The fourth-order valence-corrected chi connectivity index (χ4v) is 1.32. The molecule has 1 unspecified atom stereocenters. The molecule has 0 aromatic heterocycles. The average molecular weight is 275 g/mol. The number of alkyl halides is 1. The first-order valence-electron chi connectivity index (χ1n) is 4.18. The van der Waals surface area contributed by atoms with Gasteiger partial charge < -0.3 is 5.32 Å². The number of halogens is 1. The van der Waals surface area contributed by atoms with Crippen LogP contribution in [0.2, 0.25) is 0 Å². The van der Waals surface area contributed by atoms with Crippen molar-refractivity contribution >= 4 is 22.6 Å². The summed E-state index contributed by atoms with van der Waals surface area (Å²) in [6.07, 6.45) is 0. The minimum absolute atomic E-state index is 0.700. The molecule has 1 aromatic rings. The molecule has 1 atom stereocenters. The monoisotopic (exact) mass is 275 g/mol. The smallest absolute Gasteiger partial charge is 0.0206 e. The Kier molecular flexibility index (Phi) is 4.61. The highest BCUT2D eigenvalue weighted by molar-refractivity contribution is 14.1. The van der Waals surface area contributed by atoms with Crippen molar-refractivity contribution in [1.29, 1.82) is 0 Å². The third-order valence-electron chi connectivity index (χ3n) is 1.60. The van der Waals surface area contributed by atoms with Gasteiger partial charge in [-0.1, -0.05) is 59.8 Å². The van der Waals surface area contributed by atoms with Crippen LogP contribution in [-0.4, -0.2) is 10.5 Å². The van der Waals surface area contributed by atoms with Gasteiger partial charge in [0.25, 0.3) is 0 Å². The van der Waals surface area contributed by atoms with Gasteiger partial charge in [-0.3, -0.25) is 0 Å². The van der Waals surface area contributed by atoms with Gasteiger partial charge in [0.1, 0.15) is 0 Å². The third-order valence-corrected chi connectivity index (χ3v) is 2.04. The van der Waals surface area contributed by atoms with Crippen molar-refractivity contribution in [2.75, 3.05) is 6.54 Å². The van der Waals surface area contributed by atoms with Gasteiger partial charge in [0.05, 0.1) is 0 Å². The predicted octanol–water partition coefficient (Wildman–Crippen LogP) is 2.60. The average Bonchev–Trinajstić information content (AvgIpc) is 2.05. The molecule has 0 bridgehead atoms. The second-order valence-electron chi connectivity index (χ2n) is 2.90. The molecule has 1 rings (SSSR count). The molecule has 0 aliphatic carbocycles. The summed E-state index contributed by atoms with van der Waals surface area (Å²) in [6.45, 7) is 4.27. The molecule has 0 saturated carbocycles. The highest BCUT2D eigenvalue weighted by Gasteiger charge is 1.94. The van der Waals surface area contributed by atoms with Gasteiger partial charge in [-0.15, -0.1) is 0 Å². The molecule has 0 aliphatic heterocycles. The molecule has 2 heteroatoms. The molecular formula is C10H14IN. The first kappa shape index (κ1) is 9.99. The number of rotatable bonds is 4. The van der Waals surface area contributed by atoms with Crippen molar-refractivity contribution in [2.45, 2.75) is 17.4 Å². The fourth-order valence-electron chi connectivity index (χ4n) is 1.01. The van der Waals surface area contributed by atoms with Gasteiger partial charge in [0.15, 0.2) is 0 Å². The summed E-state index contributed by atoms with van der Waals surface area (Å²) in [4.78, 5) is 0. The van der Waals surface area contributed by atoms with E-state index in [9.17, 15) is 0 Å². The number of nitrogens with one attached hydrogen (secondary N) is 1. The molecule has 0 fully saturated rings. The molecule has 0 amide bonds. The van der Waals surface area contributed by atoms with Crippen LogP contribution < -0.4 is 5.32 Å². The minimum Gasteiger partial charge on any atom is -0.312 e. The normalized spacial score (nSPS) is 12.8. The van der Waals surface area contributed by atoms with Gasteiger partial charge in [-0.2, -0.15) is 0 Å². The molecule has 1 N–H and O–H groups in total. The Balaban J connectivity index is 2.25. The quantitative estimate of drug-likeness (QED) is 0.658. The number of hydrogen-bond acceptors (Lipinski definition) is 1. The second-order valence-corrected chi connectivity index (χ2v) is 5.02. The zero-order valence-electron chi connectivity index (χ0n) is 7.26. The SMILES string of the molecule is CC(I)CNCc1ccccc1. The standard InChI is InChI=1S/C10H14IN/c1-9(11)7-12-8-10-5-3-2-4-6-10/h2-6,9,12H,7-8H2,1H3. The van der Waals surface area contributed by atoms with E-state index < -0.39 is 0 Å². The number of hydrogen-bond donors (Lipinski definition) is 1. The maximum atomic E-state index is 3.39. The fraction of sp³-hybridized carbons (Fsp3) is 0.400. The van der Waals surface area contributed by atoms with E-state index in [4.69, 9.17) is 0 Å². The van der Waals surface area contributed by atoms with E-state index in [1.54, 1.807) is 0 Å². The van der Waals surface area contributed by atoms with Gasteiger partial charge in [-0.25, -0.2) is 0 Å². The van der Waals surface area contributed by atoms with E-state index in [1.807, 2.05) is 6.07 Å². The molecule has 66 valence electrons. The van der Waals surface area contributed by atoms with Crippen LogP contribution in [0, 0.1) is 0 Å². The first-order chi connectivity index (χ1) is 5.79. The Hall–Kier alpha value is -0.0900. The second kappa shape index (κ2) is 5.54. The lowest BCUT2D eigenvalue weighted by molar-refractivity contribution is 0.694. The Morgan fingerprint density at radius 2 is 2.00 bits per heavy atom. The molecular weight excluding hydrogens is 261 g/mol. The van der Waals surface area contributed by atoms with Gasteiger partial charge >= 0.3 is 0 Å². The summed E-state index contributed by atoms with van der Waals surface area (Å²) in [7, 11) is 0. The van der Waals surface area contributed by atoms with Crippen molar-refractivity contribution in [3.05, 3.63) is 35.9 Å². The molecule has 12 heavy (non-hydrogen) atoms. The summed E-state index contributed by atoms with van der Waals surface area (Å²) in [5, 5.41) is 3.39. The van der Waals surface area contributed by atoms with Crippen molar-refractivity contribution in [1.82, 2.24) is 5.32 Å². The van der Waals surface area contributed by atoms with Crippen molar-refractivity contribution in [2.24, 2.45) is 0 Å². The highest BCUT2D eigenvalue weighted by atomic mass is 127. The minimum atomic E-state index is 0.700. The topological polar surface area (TPSA) is 12.0 Å². The van der Waals surface area contributed by atoms with Gasteiger partial charge in [0, 0.05) is 17.0 Å². The van der Waals surface area contributed by atoms with E-state index in [1.165, 1.54) is 5.56 Å². The van der Waals surface area contributed by atoms with Crippen LogP contribution in [-0.2, 0) is 6.54 Å². The molecule has 1 aromatic carbocycles. The molecule has 1 nitrogen and oxygen atoms in total. The Bertz CT molecular complexity index is 208. The Morgan fingerprint density at radius 3 is 2.58 bits per heavy atom. The van der Waals surface area contributed by atoms with E-state index in [2.05, 4.69) is 59.1 Å². The van der Waals surface area contributed by atoms with Crippen LogP contribution in [0.5, 0.6) is 0 Å². The molecule has 0 aliphatic rings. The molecule has 0 saturated heterocycles. The Morgan fingerprint density at radius 1 is 1.33 bits per heavy atom. The van der Waals surface area contributed by atoms with Gasteiger partial charge in [-0.05, 0) is 5.56 Å². The lowest BCUT2D eigenvalue weighted by atomic mass is 10.2. The van der Waals surface area contributed by atoms with Crippen LogP contribution in [0.3, 0.4) is 0 Å². The van der Waals surface area contributed by atoms with Crippen molar-refractivity contribution in [3.8, 4) is 0 Å². The molecule has 0 spiro atoms. The first-order valence-corrected chi connectivity index (χ1v) is 5.42. The third kappa shape index (κ3) is 4.07. The lowest BCUT2D eigenvalue weighted by Crippen LogP contribution is -2.20. The predicted molar refractivity (Wildman–Crippen MR) is 61.6 cm³/mol. The highest BCUT2D eigenvalue weighted by Crippen LogP contribution is 1.99. The van der Waals surface area contributed by atoms with Crippen LogP contribution in [0.4, 0.5) is 0 Å². The number of benzene rings is 1. The van der Waals surface area contributed by atoms with E-state index in [-0.39, 0.29) is 0 Å². The largest absolute Gasteiger partial charge is 0.312 e. The maximum Gasteiger partial charge on any atom is 0.0206 e. The van der Waals surface area contributed by atoms with E-state index in [0.717, 1.165) is 13.1 Å². The summed E-state index contributed by atoms with van der Waals surface area (Å²) in [6, 6.07) is 10.5. The lowest BCUT2D eigenvalue weighted by Gasteiger charge is -2.05. The van der Waals surface area contributed by atoms with Crippen LogP contribution in [0.15, 0.2) is 30.3 Å². The van der Waals surface area contributed by atoms with Gasteiger partial charge in [0.2, 0.25) is 0 Å². The van der Waals surface area contributed by atoms with Crippen molar-refractivity contribution < 1.29 is 0 Å². The van der Waals surface area contributed by atoms with Crippen molar-refractivity contribution in [3.63, 3.8) is 0 Å². The van der Waals surface area contributed by atoms with Crippen LogP contribution in [0.1, 0.15) is 12.5 Å². The summed E-state index contributed by atoms with van der Waals surface area (Å²) < 4.78 is 0.700. The van der Waals surface area contributed by atoms with Crippen LogP contribution >= 0.6 is 22.6 Å². The van der Waals surface area contributed by atoms with E-state index in [0.29, 0.717) is 3.92 Å². The van der Waals surface area contributed by atoms with E-state index >= 15 is 0 Å². The maximum absolute atomic E-state index is 3.39. The zero-order valence-corrected chi connectivity index (χ0v) is 9.41.